The largest absolute Gasteiger partial charge is 0.348 e. The average Bonchev–Trinajstić information content (AvgIpc) is 2.64. The minimum Gasteiger partial charge on any atom is -0.348 e. The van der Waals surface area contributed by atoms with E-state index in [1.54, 1.807) is 48.5 Å². The lowest BCUT2D eigenvalue weighted by Crippen LogP contribution is -2.39. The van der Waals surface area contributed by atoms with Crippen molar-refractivity contribution < 1.29 is 18.0 Å². The lowest BCUT2D eigenvalue weighted by Gasteiger charge is -2.12. The molecule has 0 saturated heterocycles. The first-order valence-electron chi connectivity index (χ1n) is 9.11. The third-order valence-corrected chi connectivity index (χ3v) is 4.43. The Morgan fingerprint density at radius 2 is 1.59 bits per heavy atom. The summed E-state index contributed by atoms with van der Waals surface area (Å²) in [7, 11) is -3.41. The number of hydrogen-bond acceptors (Lipinski definition) is 4. The quantitative estimate of drug-likeness (QED) is 0.526. The second-order valence-electron chi connectivity index (χ2n) is 6.89. The number of urea groups is 1. The van der Waals surface area contributed by atoms with Gasteiger partial charge >= 0.3 is 6.03 Å². The Balaban J connectivity index is 1.93. The molecule has 0 aliphatic heterocycles. The van der Waals surface area contributed by atoms with Crippen LogP contribution in [0.5, 0.6) is 0 Å². The van der Waals surface area contributed by atoms with Crippen LogP contribution in [-0.4, -0.2) is 32.7 Å². The number of carbonyl (C=O) groups excluding carboxylic acids is 2. The van der Waals surface area contributed by atoms with E-state index in [-0.39, 0.29) is 24.5 Å². The lowest BCUT2D eigenvalue weighted by atomic mass is 10.1. The molecular formula is C20H26N4O4S. The maximum absolute atomic E-state index is 12.4. The van der Waals surface area contributed by atoms with Crippen LogP contribution in [0.2, 0.25) is 0 Å². The van der Waals surface area contributed by atoms with Crippen molar-refractivity contribution in [3.05, 3.63) is 65.2 Å². The first kappa shape index (κ1) is 22.2. The van der Waals surface area contributed by atoms with E-state index in [0.717, 1.165) is 11.8 Å². The van der Waals surface area contributed by atoms with Gasteiger partial charge in [0, 0.05) is 24.7 Å². The van der Waals surface area contributed by atoms with E-state index in [4.69, 9.17) is 0 Å². The van der Waals surface area contributed by atoms with Gasteiger partial charge in [-0.2, -0.15) is 0 Å². The molecule has 2 rings (SSSR count). The van der Waals surface area contributed by atoms with Gasteiger partial charge in [0.25, 0.3) is 5.91 Å². The molecule has 0 aromatic heterocycles. The van der Waals surface area contributed by atoms with E-state index < -0.39 is 10.0 Å². The molecule has 4 N–H and O–H groups in total. The van der Waals surface area contributed by atoms with Crippen molar-refractivity contribution in [3.63, 3.8) is 0 Å². The molecule has 0 unspecified atom stereocenters. The summed E-state index contributed by atoms with van der Waals surface area (Å²) < 4.78 is 25.4. The summed E-state index contributed by atoms with van der Waals surface area (Å²) in [6.07, 6.45) is 1.07. The lowest BCUT2D eigenvalue weighted by molar-refractivity contribution is 0.0951. The van der Waals surface area contributed by atoms with Crippen molar-refractivity contribution in [1.82, 2.24) is 16.0 Å². The van der Waals surface area contributed by atoms with Crippen molar-refractivity contribution >= 4 is 27.6 Å². The van der Waals surface area contributed by atoms with Crippen molar-refractivity contribution in [3.8, 4) is 0 Å². The highest BCUT2D eigenvalue weighted by Crippen LogP contribution is 2.16. The molecule has 29 heavy (non-hydrogen) atoms. The second-order valence-corrected chi connectivity index (χ2v) is 8.64. The normalized spacial score (nSPS) is 11.0. The summed E-state index contributed by atoms with van der Waals surface area (Å²) in [5.41, 5.74) is 2.41. The Morgan fingerprint density at radius 3 is 2.21 bits per heavy atom. The van der Waals surface area contributed by atoms with Gasteiger partial charge in [-0.1, -0.05) is 30.3 Å². The van der Waals surface area contributed by atoms with Crippen LogP contribution < -0.4 is 20.7 Å². The number of anilines is 1. The predicted molar refractivity (Wildman–Crippen MR) is 113 cm³/mol. The molecule has 0 bridgehead atoms. The zero-order valence-corrected chi connectivity index (χ0v) is 17.5. The molecule has 3 amide bonds. The Morgan fingerprint density at radius 1 is 0.931 bits per heavy atom. The van der Waals surface area contributed by atoms with Crippen LogP contribution in [0.25, 0.3) is 0 Å². The van der Waals surface area contributed by atoms with Gasteiger partial charge < -0.3 is 16.0 Å². The second kappa shape index (κ2) is 9.92. The number of carbonyl (C=O) groups is 2. The van der Waals surface area contributed by atoms with Crippen molar-refractivity contribution in [2.75, 3.05) is 11.0 Å². The summed E-state index contributed by atoms with van der Waals surface area (Å²) in [4.78, 5) is 24.0. The molecule has 2 aromatic rings. The molecule has 2 aromatic carbocycles. The highest BCUT2D eigenvalue weighted by molar-refractivity contribution is 7.92. The third-order valence-electron chi connectivity index (χ3n) is 3.84. The SMILES string of the molecule is CC(C)NC(=O)NCc1ccc(C(=O)NCc2ccccc2NS(C)(=O)=O)cc1. The fourth-order valence-electron chi connectivity index (χ4n) is 2.52. The van der Waals surface area contributed by atoms with Gasteiger partial charge in [-0.15, -0.1) is 0 Å². The van der Waals surface area contributed by atoms with Crippen molar-refractivity contribution in [1.29, 1.82) is 0 Å². The molecule has 9 heteroatoms. The van der Waals surface area contributed by atoms with E-state index in [1.807, 2.05) is 13.8 Å². The van der Waals surface area contributed by atoms with Crippen LogP contribution in [0.1, 0.15) is 35.3 Å². The number of rotatable bonds is 8. The van der Waals surface area contributed by atoms with E-state index in [9.17, 15) is 18.0 Å². The zero-order valence-electron chi connectivity index (χ0n) is 16.7. The minimum atomic E-state index is -3.41. The van der Waals surface area contributed by atoms with Gasteiger partial charge in [-0.3, -0.25) is 9.52 Å². The first-order chi connectivity index (χ1) is 13.6. The van der Waals surface area contributed by atoms with Crippen molar-refractivity contribution in [2.24, 2.45) is 0 Å². The highest BCUT2D eigenvalue weighted by atomic mass is 32.2. The van der Waals surface area contributed by atoms with Crippen LogP contribution >= 0.6 is 0 Å². The minimum absolute atomic E-state index is 0.0545. The fraction of sp³-hybridized carbons (Fsp3) is 0.300. The molecule has 156 valence electrons. The van der Waals surface area contributed by atoms with Gasteiger partial charge in [-0.05, 0) is 43.2 Å². The molecule has 0 atom stereocenters. The number of sulfonamides is 1. The number of para-hydroxylation sites is 1. The predicted octanol–water partition coefficient (Wildman–Crippen LogP) is 2.20. The summed E-state index contributed by atoms with van der Waals surface area (Å²) in [5.74, 6) is -0.281. The molecule has 0 aliphatic carbocycles. The molecule has 0 heterocycles. The van der Waals surface area contributed by atoms with Gasteiger partial charge in [0.2, 0.25) is 10.0 Å². The molecular weight excluding hydrogens is 392 g/mol. The van der Waals surface area contributed by atoms with E-state index in [0.29, 0.717) is 23.4 Å². The van der Waals surface area contributed by atoms with Gasteiger partial charge in [-0.25, -0.2) is 13.2 Å². The Labute approximate surface area is 171 Å². The van der Waals surface area contributed by atoms with Crippen molar-refractivity contribution in [2.45, 2.75) is 33.0 Å². The zero-order chi connectivity index (χ0) is 21.4. The van der Waals surface area contributed by atoms with Gasteiger partial charge in [0.15, 0.2) is 0 Å². The molecule has 0 aliphatic rings. The Bertz CT molecular complexity index is 957. The Hall–Kier alpha value is -3.07. The number of hydrogen-bond donors (Lipinski definition) is 4. The van der Waals surface area contributed by atoms with E-state index >= 15 is 0 Å². The summed E-state index contributed by atoms with van der Waals surface area (Å²) in [5, 5.41) is 8.26. The number of amides is 3. The standard InChI is InChI=1S/C20H26N4O4S/c1-14(2)23-20(26)22-12-15-8-10-16(11-9-15)19(25)21-13-17-6-4-5-7-18(17)24-29(3,27)28/h4-11,14,24H,12-13H2,1-3H3,(H,21,25)(H2,22,23,26). The maximum Gasteiger partial charge on any atom is 0.315 e. The molecule has 0 radical (unpaired) electrons. The first-order valence-corrected chi connectivity index (χ1v) is 11.0. The smallest absolute Gasteiger partial charge is 0.315 e. The van der Waals surface area contributed by atoms with E-state index in [2.05, 4.69) is 20.7 Å². The topological polar surface area (TPSA) is 116 Å². The third kappa shape index (κ3) is 7.82. The summed E-state index contributed by atoms with van der Waals surface area (Å²) in [6, 6.07) is 13.6. The van der Waals surface area contributed by atoms with Crippen LogP contribution in [0.4, 0.5) is 10.5 Å². The number of benzene rings is 2. The van der Waals surface area contributed by atoms with Gasteiger partial charge in [0.05, 0.1) is 11.9 Å². The highest BCUT2D eigenvalue weighted by Gasteiger charge is 2.10. The summed E-state index contributed by atoms with van der Waals surface area (Å²) >= 11 is 0. The number of nitrogens with one attached hydrogen (secondary N) is 4. The van der Waals surface area contributed by atoms with Crippen LogP contribution in [0.3, 0.4) is 0 Å². The average molecular weight is 419 g/mol. The molecule has 0 saturated carbocycles. The summed E-state index contributed by atoms with van der Waals surface area (Å²) in [6.45, 7) is 4.28. The molecule has 0 fully saturated rings. The molecule has 0 spiro atoms. The Kier molecular flexibility index (Phi) is 7.60. The van der Waals surface area contributed by atoms with E-state index in [1.165, 1.54) is 0 Å². The van der Waals surface area contributed by atoms with Gasteiger partial charge in [0.1, 0.15) is 0 Å². The van der Waals surface area contributed by atoms with Crippen LogP contribution in [0, 0.1) is 0 Å². The maximum atomic E-state index is 12.4. The fourth-order valence-corrected chi connectivity index (χ4v) is 3.12. The van der Waals surface area contributed by atoms with Crippen LogP contribution in [-0.2, 0) is 23.1 Å². The monoisotopic (exact) mass is 418 g/mol. The molecule has 8 nitrogen and oxygen atoms in total. The van der Waals surface area contributed by atoms with Crippen LogP contribution in [0.15, 0.2) is 48.5 Å².